The highest BCUT2D eigenvalue weighted by molar-refractivity contribution is 6.31. The van der Waals surface area contributed by atoms with E-state index in [4.69, 9.17) is 35.3 Å². The van der Waals surface area contributed by atoms with Crippen LogP contribution in [-0.4, -0.2) is 118 Å². The van der Waals surface area contributed by atoms with Gasteiger partial charge < -0.3 is 34.1 Å². The van der Waals surface area contributed by atoms with Crippen molar-refractivity contribution < 1.29 is 79.1 Å². The quantitative estimate of drug-likeness (QED) is 0.0415. The second kappa shape index (κ2) is 22.4. The van der Waals surface area contributed by atoms with Crippen LogP contribution in [0.4, 0.5) is 26.3 Å². The molecule has 1 fully saturated rings. The lowest BCUT2D eigenvalue weighted by Gasteiger charge is -2.27. The van der Waals surface area contributed by atoms with Crippen LogP contribution in [0.25, 0.3) is 22.4 Å². The van der Waals surface area contributed by atoms with E-state index < -0.39 is 70.0 Å². The van der Waals surface area contributed by atoms with Gasteiger partial charge in [-0.15, -0.1) is 0 Å². The maximum absolute atomic E-state index is 13.8. The van der Waals surface area contributed by atoms with Crippen LogP contribution in [0.5, 0.6) is 17.2 Å². The van der Waals surface area contributed by atoms with Crippen LogP contribution in [0, 0.1) is 0 Å². The predicted octanol–water partition coefficient (Wildman–Crippen LogP) is 5.96. The molecule has 2 aromatic heterocycles. The lowest BCUT2D eigenvalue weighted by molar-refractivity contribution is -0.141. The molecule has 0 aliphatic carbocycles. The molecule has 378 valence electrons. The zero-order valence-corrected chi connectivity index (χ0v) is 38.3. The highest BCUT2D eigenvalue weighted by Gasteiger charge is 2.46. The number of phenols is 1. The number of aromatic nitrogens is 4. The average molecular weight is 1020 g/mol. The van der Waals surface area contributed by atoms with Crippen LogP contribution in [0.1, 0.15) is 56.8 Å². The number of alkyl halides is 6. The molecule has 2 aliphatic rings. The highest BCUT2D eigenvalue weighted by atomic mass is 35.5. The number of hydrogen-bond acceptors (Lipinski definition) is 13. The number of aromatic hydroxyl groups is 1. The SMILES string of the molecule is Cn1nc(C(F)(F)F)cc1-c1ccc(OCCCNC(=O)COCCOCCOCCn2cc(COc3cccc4c3C(=O)N(C3CCC(=O)NC3=O)C4=O)cn2)c(-c2ccc(Cl)c(C(F)(F)F)c2)c1O. The molecule has 5 amide bonds. The fraction of sp³-hybridized carbons (Fsp3) is 0.370. The summed E-state index contributed by atoms with van der Waals surface area (Å²) in [6, 6.07) is 9.61. The Morgan fingerprint density at radius 2 is 1.59 bits per heavy atom. The molecule has 7 rings (SSSR count). The summed E-state index contributed by atoms with van der Waals surface area (Å²) >= 11 is 5.81. The van der Waals surface area contributed by atoms with E-state index >= 15 is 0 Å². The van der Waals surface area contributed by atoms with Gasteiger partial charge in [-0.2, -0.15) is 36.5 Å². The Labute approximate surface area is 404 Å². The van der Waals surface area contributed by atoms with Gasteiger partial charge in [0.2, 0.25) is 17.7 Å². The molecule has 5 aromatic rings. The summed E-state index contributed by atoms with van der Waals surface area (Å²) in [6.07, 6.45) is -6.12. The smallest absolute Gasteiger partial charge is 0.435 e. The molecule has 0 bridgehead atoms. The molecule has 2 aliphatic heterocycles. The van der Waals surface area contributed by atoms with Crippen LogP contribution >= 0.6 is 11.6 Å². The van der Waals surface area contributed by atoms with Crippen molar-refractivity contribution in [3.8, 4) is 39.6 Å². The maximum Gasteiger partial charge on any atom is 0.435 e. The fourth-order valence-electron chi connectivity index (χ4n) is 7.60. The molecule has 25 heteroatoms. The number of benzene rings is 3. The number of piperidine rings is 1. The number of aryl methyl sites for hydroxylation is 1. The van der Waals surface area contributed by atoms with E-state index in [1.807, 2.05) is 0 Å². The van der Waals surface area contributed by atoms with Gasteiger partial charge >= 0.3 is 12.4 Å². The van der Waals surface area contributed by atoms with E-state index in [1.54, 1.807) is 29.2 Å². The molecule has 0 radical (unpaired) electrons. The molecule has 1 saturated heterocycles. The highest BCUT2D eigenvalue weighted by Crippen LogP contribution is 2.47. The number of phenolic OH excluding ortho intramolecular Hbond substituents is 1. The van der Waals surface area contributed by atoms with Crippen molar-refractivity contribution in [3.63, 3.8) is 0 Å². The van der Waals surface area contributed by atoms with Crippen LogP contribution in [-0.2, 0) is 61.1 Å². The molecule has 1 atom stereocenters. The van der Waals surface area contributed by atoms with Crippen molar-refractivity contribution in [1.29, 1.82) is 0 Å². The molecule has 0 spiro atoms. The summed E-state index contributed by atoms with van der Waals surface area (Å²) in [6.45, 7) is 1.22. The number of hydrogen-bond donors (Lipinski definition) is 3. The number of amides is 5. The standard InChI is InChI=1S/C46H44ClF6N7O11/c1-58-33(21-36(57-58)46(51,52)53)28-7-10-35(39(41(28)63)27-6-8-31(47)30(20-27)45(48,49)50)70-14-3-12-54-38(62)25-69-19-18-68-17-16-67-15-13-59-23-26(22-55-59)24-71-34-5-2-4-29-40(34)44(66)60(43(29)65)32-9-11-37(61)56-42(32)64/h2,4-8,10,20-23,32,63H,3,9,11-19,24-25H2,1H3,(H,54,62)(H,56,61,64). The lowest BCUT2D eigenvalue weighted by atomic mass is 9.97. The molecular formula is C46H44ClF6N7O11. The number of fused-ring (bicyclic) bond motifs is 1. The monoisotopic (exact) mass is 1020 g/mol. The Balaban J connectivity index is 0.774. The Morgan fingerprint density at radius 1 is 0.859 bits per heavy atom. The number of nitrogens with one attached hydrogen (secondary N) is 2. The van der Waals surface area contributed by atoms with E-state index in [0.717, 1.165) is 15.6 Å². The zero-order chi connectivity index (χ0) is 51.0. The summed E-state index contributed by atoms with van der Waals surface area (Å²) in [4.78, 5) is 63.6. The number of rotatable bonds is 22. The molecule has 4 heterocycles. The Kier molecular flexibility index (Phi) is 16.3. The van der Waals surface area contributed by atoms with Gasteiger partial charge in [-0.25, -0.2) is 0 Å². The minimum Gasteiger partial charge on any atom is -0.506 e. The first-order chi connectivity index (χ1) is 33.8. The number of carbonyl (C=O) groups excluding carboxylic acids is 5. The third-order valence-electron chi connectivity index (χ3n) is 11.0. The van der Waals surface area contributed by atoms with Gasteiger partial charge in [0.05, 0.1) is 85.4 Å². The van der Waals surface area contributed by atoms with Crippen molar-refractivity contribution in [2.45, 2.75) is 50.8 Å². The van der Waals surface area contributed by atoms with E-state index in [2.05, 4.69) is 20.8 Å². The largest absolute Gasteiger partial charge is 0.506 e. The van der Waals surface area contributed by atoms with Crippen molar-refractivity contribution in [1.82, 2.24) is 35.1 Å². The summed E-state index contributed by atoms with van der Waals surface area (Å²) in [5.41, 5.74) is -2.37. The molecule has 3 N–H and O–H groups in total. The number of ether oxygens (including phenoxy) is 5. The minimum absolute atomic E-state index is 0.00400. The molecule has 1 unspecified atom stereocenters. The van der Waals surface area contributed by atoms with Gasteiger partial charge in [0.1, 0.15) is 36.5 Å². The number of carbonyl (C=O) groups is 5. The Bertz CT molecular complexity index is 2800. The Morgan fingerprint density at radius 3 is 2.31 bits per heavy atom. The number of imide groups is 2. The second-order valence-corrected chi connectivity index (χ2v) is 16.3. The zero-order valence-electron chi connectivity index (χ0n) is 37.5. The number of nitrogens with zero attached hydrogens (tertiary/aromatic N) is 5. The molecule has 3 aromatic carbocycles. The number of halogens is 7. The van der Waals surface area contributed by atoms with Gasteiger partial charge in [0, 0.05) is 37.3 Å². The van der Waals surface area contributed by atoms with Crippen molar-refractivity contribution in [3.05, 3.63) is 100.0 Å². The summed E-state index contributed by atoms with van der Waals surface area (Å²) in [7, 11) is 1.22. The van der Waals surface area contributed by atoms with E-state index in [9.17, 15) is 55.4 Å². The molecular weight excluding hydrogens is 976 g/mol. The summed E-state index contributed by atoms with van der Waals surface area (Å²) < 4.78 is 112. The average Bonchev–Trinajstić information content (AvgIpc) is 4.01. The fourth-order valence-corrected chi connectivity index (χ4v) is 7.82. The van der Waals surface area contributed by atoms with Gasteiger partial charge in [0.15, 0.2) is 5.69 Å². The first-order valence-electron chi connectivity index (χ1n) is 21.8. The van der Waals surface area contributed by atoms with E-state index in [-0.39, 0.29) is 117 Å². The lowest BCUT2D eigenvalue weighted by Crippen LogP contribution is -2.54. The van der Waals surface area contributed by atoms with Crippen molar-refractivity contribution in [2.24, 2.45) is 7.05 Å². The third-order valence-corrected chi connectivity index (χ3v) is 11.3. The predicted molar refractivity (Wildman–Crippen MR) is 236 cm³/mol. The van der Waals surface area contributed by atoms with E-state index in [0.29, 0.717) is 30.8 Å². The van der Waals surface area contributed by atoms with E-state index in [1.165, 1.54) is 31.3 Å². The van der Waals surface area contributed by atoms with Crippen LogP contribution < -0.4 is 20.1 Å². The van der Waals surface area contributed by atoms with Crippen LogP contribution in [0.3, 0.4) is 0 Å². The van der Waals surface area contributed by atoms with Crippen molar-refractivity contribution in [2.75, 3.05) is 52.8 Å². The van der Waals surface area contributed by atoms with Crippen LogP contribution in [0.15, 0.2) is 67.0 Å². The Hall–Kier alpha value is -7.02. The molecule has 71 heavy (non-hydrogen) atoms. The van der Waals surface area contributed by atoms with Gasteiger partial charge in [0.25, 0.3) is 11.8 Å². The maximum atomic E-state index is 13.8. The van der Waals surface area contributed by atoms with Gasteiger partial charge in [-0.05, 0) is 60.9 Å². The second-order valence-electron chi connectivity index (χ2n) is 15.9. The third kappa shape index (κ3) is 12.5. The minimum atomic E-state index is -4.87. The first kappa shape index (κ1) is 51.8. The summed E-state index contributed by atoms with van der Waals surface area (Å²) in [5.74, 6) is -3.53. The van der Waals surface area contributed by atoms with Crippen LogP contribution in [0.2, 0.25) is 5.02 Å². The first-order valence-corrected chi connectivity index (χ1v) is 22.2. The van der Waals surface area contributed by atoms with Gasteiger partial charge in [-0.3, -0.25) is 43.6 Å². The van der Waals surface area contributed by atoms with Crippen molar-refractivity contribution >= 4 is 41.1 Å². The summed E-state index contributed by atoms with van der Waals surface area (Å²) in [5, 5.41) is 23.3. The van der Waals surface area contributed by atoms with Gasteiger partial charge in [-0.1, -0.05) is 23.7 Å². The molecule has 0 saturated carbocycles. The molecule has 18 nitrogen and oxygen atoms in total. The normalized spacial score (nSPS) is 15.0. The topological polar surface area (TPSA) is 215 Å².